The van der Waals surface area contributed by atoms with E-state index in [1.807, 2.05) is 26.8 Å². The second kappa shape index (κ2) is 10.4. The smallest absolute Gasteiger partial charge is 0.219 e. The third-order valence-corrected chi connectivity index (χ3v) is 7.03. The maximum Gasteiger partial charge on any atom is 0.219 e. The lowest BCUT2D eigenvalue weighted by Crippen LogP contribution is -2.29. The lowest BCUT2D eigenvalue weighted by Gasteiger charge is -2.29. The number of carbonyl (C=O) groups excluding carboxylic acids is 1. The highest BCUT2D eigenvalue weighted by Crippen LogP contribution is 2.24. The van der Waals surface area contributed by atoms with Crippen LogP contribution in [0.1, 0.15) is 31.2 Å². The highest BCUT2D eigenvalue weighted by molar-refractivity contribution is 7.71. The quantitative estimate of drug-likeness (QED) is 0.477. The van der Waals surface area contributed by atoms with Crippen molar-refractivity contribution in [2.24, 2.45) is 5.73 Å². The van der Waals surface area contributed by atoms with Crippen molar-refractivity contribution in [1.82, 2.24) is 19.2 Å². The Morgan fingerprint density at radius 3 is 2.59 bits per heavy atom. The Kier molecular flexibility index (Phi) is 7.39. The molecule has 1 aromatic carbocycles. The summed E-state index contributed by atoms with van der Waals surface area (Å²) in [7, 11) is 2.06. The monoisotopic (exact) mass is 470 g/mol. The summed E-state index contributed by atoms with van der Waals surface area (Å²) >= 11 is 7.30. The van der Waals surface area contributed by atoms with Crippen molar-refractivity contribution in [3.8, 4) is 10.7 Å². The number of amides is 1. The number of rotatable bonds is 9. The molecule has 1 aliphatic rings. The highest BCUT2D eigenvalue weighted by atomic mass is 32.1. The maximum atomic E-state index is 11.3. The van der Waals surface area contributed by atoms with E-state index in [-0.39, 0.29) is 12.3 Å². The predicted molar refractivity (Wildman–Crippen MR) is 132 cm³/mol. The second-order valence-electron chi connectivity index (χ2n) is 8.32. The van der Waals surface area contributed by atoms with E-state index in [2.05, 4.69) is 41.1 Å². The van der Waals surface area contributed by atoms with Gasteiger partial charge in [-0.05, 0) is 67.7 Å². The number of aromatic nitrogens is 3. The molecule has 0 atom stereocenters. The molecule has 0 saturated carbocycles. The lowest BCUT2D eigenvalue weighted by molar-refractivity contribution is -0.118. The molecular weight excluding hydrogens is 440 g/mol. The number of anilines is 1. The molecule has 0 bridgehead atoms. The van der Waals surface area contributed by atoms with Crippen LogP contribution in [0.2, 0.25) is 0 Å². The van der Waals surface area contributed by atoms with Crippen molar-refractivity contribution >= 4 is 35.1 Å². The molecule has 0 aliphatic carbocycles. The maximum absolute atomic E-state index is 11.3. The van der Waals surface area contributed by atoms with Crippen LogP contribution in [-0.4, -0.2) is 45.3 Å². The van der Waals surface area contributed by atoms with Gasteiger partial charge < -0.3 is 10.6 Å². The fraction of sp³-hybridized carbons (Fsp3) is 0.435. The molecular formula is C23H30N6OS2. The fourth-order valence-corrected chi connectivity index (χ4v) is 5.09. The number of piperidine rings is 1. The van der Waals surface area contributed by atoms with E-state index >= 15 is 0 Å². The Morgan fingerprint density at radius 1 is 1.19 bits per heavy atom. The molecule has 1 amide bonds. The van der Waals surface area contributed by atoms with Crippen LogP contribution in [0.4, 0.5) is 5.69 Å². The number of benzene rings is 1. The van der Waals surface area contributed by atoms with Crippen LogP contribution in [-0.2, 0) is 24.6 Å². The van der Waals surface area contributed by atoms with Crippen LogP contribution in [0, 0.1) is 4.77 Å². The van der Waals surface area contributed by atoms with E-state index in [1.165, 1.54) is 30.5 Å². The SMILES string of the molecule is CN(Cc1ccc(N2CCCCC2)cc1)Cn1nc(-c2cccs2)n(CCC(N)=O)c1=S. The molecule has 1 saturated heterocycles. The molecule has 32 heavy (non-hydrogen) atoms. The molecule has 4 rings (SSSR count). The standard InChI is InChI=1S/C23H30N6OS2/c1-26(16-18-7-9-19(10-8-18)27-12-3-2-4-13-27)17-29-23(31)28(14-11-21(24)30)22(25-29)20-6-5-15-32-20/h5-10,15H,2-4,11-14,16-17H2,1H3,(H2,24,30). The van der Waals surface area contributed by atoms with Crippen molar-refractivity contribution in [1.29, 1.82) is 0 Å². The van der Waals surface area contributed by atoms with Crippen molar-refractivity contribution in [2.45, 2.75) is 45.4 Å². The molecule has 170 valence electrons. The van der Waals surface area contributed by atoms with Gasteiger partial charge in [-0.25, -0.2) is 4.68 Å². The van der Waals surface area contributed by atoms with Gasteiger partial charge in [0.25, 0.3) is 0 Å². The lowest BCUT2D eigenvalue weighted by atomic mass is 10.1. The fourth-order valence-electron chi connectivity index (χ4n) is 4.10. The number of thiophene rings is 1. The summed E-state index contributed by atoms with van der Waals surface area (Å²) in [6.07, 6.45) is 4.14. The molecule has 1 aliphatic heterocycles. The third-order valence-electron chi connectivity index (χ3n) is 5.73. The summed E-state index contributed by atoms with van der Waals surface area (Å²) < 4.78 is 4.34. The van der Waals surface area contributed by atoms with E-state index in [9.17, 15) is 4.79 Å². The molecule has 3 aromatic rings. The van der Waals surface area contributed by atoms with Crippen LogP contribution in [0.15, 0.2) is 41.8 Å². The van der Waals surface area contributed by atoms with Gasteiger partial charge in [-0.15, -0.1) is 16.4 Å². The Labute approximate surface area is 198 Å². The zero-order valence-electron chi connectivity index (χ0n) is 18.4. The minimum atomic E-state index is -0.345. The van der Waals surface area contributed by atoms with Crippen molar-refractivity contribution in [3.63, 3.8) is 0 Å². The largest absolute Gasteiger partial charge is 0.372 e. The summed E-state index contributed by atoms with van der Waals surface area (Å²) in [6, 6.07) is 12.9. The predicted octanol–water partition coefficient (Wildman–Crippen LogP) is 4.10. The van der Waals surface area contributed by atoms with E-state index in [0.717, 1.165) is 30.3 Å². The molecule has 2 aromatic heterocycles. The van der Waals surface area contributed by atoms with Crippen molar-refractivity contribution < 1.29 is 4.79 Å². The topological polar surface area (TPSA) is 72.3 Å². The van der Waals surface area contributed by atoms with E-state index in [0.29, 0.717) is 18.0 Å². The zero-order chi connectivity index (χ0) is 22.5. The van der Waals surface area contributed by atoms with Crippen molar-refractivity contribution in [2.75, 3.05) is 25.0 Å². The minimum absolute atomic E-state index is 0.234. The van der Waals surface area contributed by atoms with Crippen LogP contribution < -0.4 is 10.6 Å². The first-order valence-electron chi connectivity index (χ1n) is 11.0. The third kappa shape index (κ3) is 5.46. The first-order valence-corrected chi connectivity index (χ1v) is 12.3. The summed E-state index contributed by atoms with van der Waals surface area (Å²) in [4.78, 5) is 17.0. The highest BCUT2D eigenvalue weighted by Gasteiger charge is 2.16. The van der Waals surface area contributed by atoms with Crippen molar-refractivity contribution in [3.05, 3.63) is 52.1 Å². The van der Waals surface area contributed by atoms with Gasteiger partial charge in [0.1, 0.15) is 0 Å². The Hall–Kier alpha value is -2.49. The molecule has 9 heteroatoms. The van der Waals surface area contributed by atoms with E-state index in [4.69, 9.17) is 23.1 Å². The Balaban J connectivity index is 1.45. The van der Waals surface area contributed by atoms with Gasteiger partial charge in [-0.2, -0.15) is 0 Å². The molecule has 0 radical (unpaired) electrons. The molecule has 2 N–H and O–H groups in total. The molecule has 1 fully saturated rings. The number of carbonyl (C=O) groups is 1. The van der Waals surface area contributed by atoms with Crippen LogP contribution in [0.25, 0.3) is 10.7 Å². The summed E-state index contributed by atoms with van der Waals surface area (Å²) in [5.41, 5.74) is 7.94. The second-order valence-corrected chi connectivity index (χ2v) is 9.63. The molecule has 3 heterocycles. The molecule has 0 spiro atoms. The summed E-state index contributed by atoms with van der Waals surface area (Å²) in [6.45, 7) is 4.10. The molecule has 7 nitrogen and oxygen atoms in total. The van der Waals surface area contributed by atoms with E-state index < -0.39 is 0 Å². The van der Waals surface area contributed by atoms with Gasteiger partial charge in [-0.3, -0.25) is 14.3 Å². The first-order chi connectivity index (χ1) is 15.5. The van der Waals surface area contributed by atoms with Crippen LogP contribution in [0.5, 0.6) is 0 Å². The van der Waals surface area contributed by atoms with Crippen LogP contribution >= 0.6 is 23.6 Å². The van der Waals surface area contributed by atoms with Gasteiger partial charge in [0, 0.05) is 38.3 Å². The zero-order valence-corrected chi connectivity index (χ0v) is 20.1. The van der Waals surface area contributed by atoms with Gasteiger partial charge in [0.05, 0.1) is 11.5 Å². The number of primary amides is 1. The van der Waals surface area contributed by atoms with Gasteiger partial charge in [-0.1, -0.05) is 18.2 Å². The van der Waals surface area contributed by atoms with Gasteiger partial charge in [0.15, 0.2) is 10.6 Å². The average Bonchev–Trinajstić information content (AvgIpc) is 3.42. The number of hydrogen-bond acceptors (Lipinski definition) is 6. The van der Waals surface area contributed by atoms with Gasteiger partial charge in [0.2, 0.25) is 5.91 Å². The Bertz CT molecular complexity index is 1080. The first kappa shape index (κ1) is 22.7. The van der Waals surface area contributed by atoms with Gasteiger partial charge >= 0.3 is 0 Å². The molecule has 0 unspecified atom stereocenters. The van der Waals surface area contributed by atoms with Crippen LogP contribution in [0.3, 0.4) is 0 Å². The number of hydrogen-bond donors (Lipinski definition) is 1. The average molecular weight is 471 g/mol. The van der Waals surface area contributed by atoms with E-state index in [1.54, 1.807) is 11.3 Å². The summed E-state index contributed by atoms with van der Waals surface area (Å²) in [5, 5.41) is 6.78. The summed E-state index contributed by atoms with van der Waals surface area (Å²) in [5.74, 6) is 0.437. The number of nitrogens with zero attached hydrogens (tertiary/aromatic N) is 5. The Morgan fingerprint density at radius 2 is 1.94 bits per heavy atom. The minimum Gasteiger partial charge on any atom is -0.372 e. The normalized spacial score (nSPS) is 14.2. The number of nitrogens with two attached hydrogens (primary N) is 1.